The molecule has 0 fully saturated rings. The largest absolute Gasteiger partial charge is 0.0989 e. The van der Waals surface area contributed by atoms with E-state index in [1.807, 2.05) is 0 Å². The van der Waals surface area contributed by atoms with Crippen molar-refractivity contribution in [2.24, 2.45) is 5.92 Å². The van der Waals surface area contributed by atoms with Gasteiger partial charge in [-0.05, 0) is 85.4 Å². The Bertz CT molecular complexity index is 2060. The summed E-state index contributed by atoms with van der Waals surface area (Å²) in [4.78, 5) is 0. The van der Waals surface area contributed by atoms with Crippen molar-refractivity contribution in [3.63, 3.8) is 0 Å². The van der Waals surface area contributed by atoms with Crippen molar-refractivity contribution in [1.82, 2.24) is 0 Å². The van der Waals surface area contributed by atoms with Crippen LogP contribution >= 0.6 is 0 Å². The summed E-state index contributed by atoms with van der Waals surface area (Å²) in [5.74, 6) is 0.899. The minimum Gasteiger partial charge on any atom is -0.0677 e. The molecule has 0 amide bonds. The van der Waals surface area contributed by atoms with Gasteiger partial charge < -0.3 is 0 Å². The molecular weight excluding hydrogens is 617 g/mol. The molecule has 253 valence electrons. The van der Waals surface area contributed by atoms with Gasteiger partial charge in [-0.15, -0.1) is 0 Å². The first-order valence-corrected chi connectivity index (χ1v) is 20.4. The van der Waals surface area contributed by atoms with Crippen LogP contribution in [0.3, 0.4) is 0 Å². The van der Waals surface area contributed by atoms with Gasteiger partial charge in [-0.2, -0.15) is 0 Å². The molecule has 0 bridgehead atoms. The Labute approximate surface area is 303 Å². The van der Waals surface area contributed by atoms with E-state index in [-0.39, 0.29) is 10.8 Å². The van der Waals surface area contributed by atoms with E-state index in [4.69, 9.17) is 0 Å². The molecule has 0 spiro atoms. The zero-order valence-corrected chi connectivity index (χ0v) is 32.6. The van der Waals surface area contributed by atoms with E-state index in [1.54, 1.807) is 5.57 Å². The van der Waals surface area contributed by atoms with E-state index in [0.717, 1.165) is 0 Å². The van der Waals surface area contributed by atoms with Crippen molar-refractivity contribution < 1.29 is 0 Å². The topological polar surface area (TPSA) is 0 Å². The monoisotopic (exact) mass is 669 g/mol. The molecule has 2 unspecified atom stereocenters. The molecule has 2 aliphatic carbocycles. The third kappa shape index (κ3) is 6.42. The zero-order valence-electron chi connectivity index (χ0n) is 31.6. The molecule has 0 aliphatic heterocycles. The molecule has 7 rings (SSSR count). The highest BCUT2D eigenvalue weighted by atomic mass is 28.3. The Morgan fingerprint density at radius 3 is 1.56 bits per heavy atom. The molecule has 2 atom stereocenters. The lowest BCUT2D eigenvalue weighted by Gasteiger charge is -2.30. The number of benzene rings is 5. The lowest BCUT2D eigenvalue weighted by atomic mass is 9.85. The molecule has 1 radical (unpaired) electrons. The van der Waals surface area contributed by atoms with Crippen LogP contribution in [-0.2, 0) is 10.8 Å². The van der Waals surface area contributed by atoms with Gasteiger partial charge in [0.05, 0.1) is 8.80 Å². The van der Waals surface area contributed by atoms with Crippen LogP contribution < -0.4 is 5.19 Å². The summed E-state index contributed by atoms with van der Waals surface area (Å²) in [5, 5.41) is 1.54. The van der Waals surface area contributed by atoms with Crippen molar-refractivity contribution >= 4 is 26.1 Å². The van der Waals surface area contributed by atoms with Gasteiger partial charge in [0.2, 0.25) is 0 Å². The summed E-state index contributed by atoms with van der Waals surface area (Å²) < 4.78 is 0. The van der Waals surface area contributed by atoms with Gasteiger partial charge >= 0.3 is 0 Å². The fraction of sp³-hybridized carbons (Fsp3) is 0.306. The third-order valence-electron chi connectivity index (χ3n) is 11.2. The molecule has 0 aromatic heterocycles. The van der Waals surface area contributed by atoms with Crippen molar-refractivity contribution in [2.45, 2.75) is 90.6 Å². The summed E-state index contributed by atoms with van der Waals surface area (Å²) in [5.41, 5.74) is 17.8. The summed E-state index contributed by atoms with van der Waals surface area (Å²) >= 11 is 0. The SMILES string of the molecule is CC1=Cc2c(-c3ccc(C(C)(C)C)cc3)cccc2C1[Si](CC1C(C(C)C)=Cc2c(-c3ccc(C(C)(C)C)cc3)cccc21)c1ccccc1. The number of allylic oxidation sites excluding steroid dienone is 2. The first-order chi connectivity index (χ1) is 23.8. The molecule has 1 heteroatoms. The second-order valence-electron chi connectivity index (χ2n) is 17.0. The lowest BCUT2D eigenvalue weighted by Crippen LogP contribution is -2.38. The minimum atomic E-state index is -1.08. The normalized spacial score (nSPS) is 17.2. The number of hydrogen-bond donors (Lipinski definition) is 0. The molecule has 0 heterocycles. The highest BCUT2D eigenvalue weighted by Crippen LogP contribution is 2.50. The molecule has 0 saturated carbocycles. The predicted octanol–water partition coefficient (Wildman–Crippen LogP) is 12.9. The Morgan fingerprint density at radius 1 is 0.560 bits per heavy atom. The van der Waals surface area contributed by atoms with E-state index in [0.29, 0.717) is 17.4 Å². The number of hydrogen-bond acceptors (Lipinski definition) is 0. The summed E-state index contributed by atoms with van der Waals surface area (Å²) in [7, 11) is -1.08. The van der Waals surface area contributed by atoms with Crippen LogP contribution in [0, 0.1) is 5.92 Å². The average molecular weight is 670 g/mol. The second-order valence-corrected chi connectivity index (χ2v) is 19.7. The smallest absolute Gasteiger partial charge is 0.0677 e. The Morgan fingerprint density at radius 2 is 1.06 bits per heavy atom. The molecule has 0 saturated heterocycles. The highest BCUT2D eigenvalue weighted by Gasteiger charge is 2.39. The van der Waals surface area contributed by atoms with Crippen LogP contribution in [0.25, 0.3) is 34.4 Å². The quantitative estimate of drug-likeness (QED) is 0.151. The zero-order chi connectivity index (χ0) is 35.4. The molecule has 5 aromatic rings. The van der Waals surface area contributed by atoms with Gasteiger partial charge in [0.1, 0.15) is 0 Å². The van der Waals surface area contributed by atoms with Crippen LogP contribution in [0.2, 0.25) is 6.04 Å². The Balaban J connectivity index is 1.29. The molecule has 0 nitrogen and oxygen atoms in total. The standard InChI is InChI=1S/C49H53Si/c1-32(2)43-30-45-40(35-23-27-37(28-24-35)49(7,8)9)17-13-19-41(45)46(43)31-50(38-15-11-10-12-16-38)47-33(3)29-44-39(18-14-20-42(44)47)34-21-25-36(26-22-34)48(4,5)6/h10-30,32,46-47H,31H2,1-9H3. The maximum Gasteiger partial charge on any atom is 0.0989 e. The van der Waals surface area contributed by atoms with Gasteiger partial charge in [-0.25, -0.2) is 0 Å². The van der Waals surface area contributed by atoms with Gasteiger partial charge in [0.15, 0.2) is 0 Å². The summed E-state index contributed by atoms with van der Waals surface area (Å²) in [6.45, 7) is 20.9. The maximum atomic E-state index is 2.56. The molecule has 0 N–H and O–H groups in total. The molecule has 5 aromatic carbocycles. The summed E-state index contributed by atoms with van der Waals surface area (Å²) in [6, 6.07) is 45.4. The van der Waals surface area contributed by atoms with Crippen molar-refractivity contribution in [3.8, 4) is 22.3 Å². The minimum absolute atomic E-state index is 0.144. The fourth-order valence-corrected chi connectivity index (χ4v) is 12.0. The van der Waals surface area contributed by atoms with Gasteiger partial charge in [-0.3, -0.25) is 0 Å². The average Bonchev–Trinajstić information content (AvgIpc) is 3.64. The van der Waals surface area contributed by atoms with Crippen molar-refractivity contribution in [3.05, 3.63) is 160 Å². The fourth-order valence-electron chi connectivity index (χ4n) is 8.38. The van der Waals surface area contributed by atoms with Crippen LogP contribution in [-0.4, -0.2) is 8.80 Å². The lowest BCUT2D eigenvalue weighted by molar-refractivity contribution is 0.590. The molecular formula is C49H53Si. The second kappa shape index (κ2) is 13.2. The number of rotatable bonds is 7. The van der Waals surface area contributed by atoms with E-state index in [9.17, 15) is 0 Å². The first kappa shape index (κ1) is 34.3. The van der Waals surface area contributed by atoms with Crippen molar-refractivity contribution in [1.29, 1.82) is 0 Å². The van der Waals surface area contributed by atoms with Crippen LogP contribution in [0.5, 0.6) is 0 Å². The van der Waals surface area contributed by atoms with Crippen LogP contribution in [0.4, 0.5) is 0 Å². The predicted molar refractivity (Wildman–Crippen MR) is 220 cm³/mol. The van der Waals surface area contributed by atoms with Crippen molar-refractivity contribution in [2.75, 3.05) is 0 Å². The van der Waals surface area contributed by atoms with Gasteiger partial charge in [0.25, 0.3) is 0 Å². The van der Waals surface area contributed by atoms with E-state index >= 15 is 0 Å². The van der Waals surface area contributed by atoms with E-state index < -0.39 is 8.80 Å². The Hall–Kier alpha value is -4.20. The van der Waals surface area contributed by atoms with E-state index in [2.05, 4.69) is 190 Å². The molecule has 2 aliphatic rings. The van der Waals surface area contributed by atoms with Gasteiger partial charge in [0, 0.05) is 11.5 Å². The highest BCUT2D eigenvalue weighted by molar-refractivity contribution is 6.75. The number of fused-ring (bicyclic) bond motifs is 2. The Kier molecular flexibility index (Phi) is 9.02. The molecule has 50 heavy (non-hydrogen) atoms. The third-order valence-corrected chi connectivity index (χ3v) is 14.6. The van der Waals surface area contributed by atoms with Crippen LogP contribution in [0.1, 0.15) is 107 Å². The van der Waals surface area contributed by atoms with Crippen LogP contribution in [0.15, 0.2) is 126 Å². The summed E-state index contributed by atoms with van der Waals surface area (Å²) in [6.07, 6.45) is 5.08. The van der Waals surface area contributed by atoms with E-state index in [1.165, 1.54) is 72.4 Å². The first-order valence-electron chi connectivity index (χ1n) is 18.6. The van der Waals surface area contributed by atoms with Gasteiger partial charge in [-0.1, -0.05) is 199 Å². The maximum absolute atomic E-state index is 2.56.